The molecule has 4 rings (SSSR count). The van der Waals surface area contributed by atoms with Crippen molar-refractivity contribution in [3.8, 4) is 0 Å². The number of benzene rings is 1. The first kappa shape index (κ1) is 18.2. The van der Waals surface area contributed by atoms with Crippen LogP contribution in [0.4, 0.5) is 0 Å². The fourth-order valence-electron chi connectivity index (χ4n) is 3.42. The van der Waals surface area contributed by atoms with Crippen LogP contribution >= 0.6 is 0 Å². The van der Waals surface area contributed by atoms with Crippen LogP contribution in [0.15, 0.2) is 47.4 Å². The van der Waals surface area contributed by atoms with Crippen LogP contribution in [-0.2, 0) is 19.5 Å². The van der Waals surface area contributed by atoms with E-state index in [-0.39, 0.29) is 22.9 Å². The SMILES string of the molecule is CC(C)c1ncc(C(=O)N2CCn3nc(Cc4ccccc4)cc3C2)c(=O)[nH]1. The molecule has 0 saturated heterocycles. The molecule has 1 amide bonds. The fourth-order valence-corrected chi connectivity index (χ4v) is 3.42. The molecule has 0 aliphatic carbocycles. The second-order valence-corrected chi connectivity index (χ2v) is 7.41. The van der Waals surface area contributed by atoms with Crippen molar-refractivity contribution < 1.29 is 4.79 Å². The minimum absolute atomic E-state index is 0.0851. The molecule has 1 aliphatic rings. The van der Waals surface area contributed by atoms with Gasteiger partial charge in [-0.2, -0.15) is 5.10 Å². The number of H-pyrrole nitrogens is 1. The van der Waals surface area contributed by atoms with E-state index in [0.717, 1.165) is 17.8 Å². The first-order valence-electron chi connectivity index (χ1n) is 9.49. The number of amides is 1. The van der Waals surface area contributed by atoms with Gasteiger partial charge in [0, 0.05) is 25.1 Å². The van der Waals surface area contributed by atoms with Crippen molar-refractivity contribution in [2.24, 2.45) is 0 Å². The Morgan fingerprint density at radius 3 is 2.71 bits per heavy atom. The Kier molecular flexibility index (Phi) is 4.81. The maximum Gasteiger partial charge on any atom is 0.263 e. The van der Waals surface area contributed by atoms with E-state index >= 15 is 0 Å². The third-order valence-electron chi connectivity index (χ3n) is 4.96. The molecule has 0 fully saturated rings. The highest BCUT2D eigenvalue weighted by Gasteiger charge is 2.25. The number of carbonyl (C=O) groups excluding carboxylic acids is 1. The molecule has 28 heavy (non-hydrogen) atoms. The lowest BCUT2D eigenvalue weighted by Crippen LogP contribution is -2.40. The number of nitrogens with zero attached hydrogens (tertiary/aromatic N) is 4. The normalized spacial score (nSPS) is 13.6. The van der Waals surface area contributed by atoms with Crippen molar-refractivity contribution >= 4 is 5.91 Å². The summed E-state index contributed by atoms with van der Waals surface area (Å²) in [7, 11) is 0. The van der Waals surface area contributed by atoms with Gasteiger partial charge in [-0.05, 0) is 11.6 Å². The van der Waals surface area contributed by atoms with Gasteiger partial charge in [-0.25, -0.2) is 4.98 Å². The molecule has 0 bridgehead atoms. The third kappa shape index (κ3) is 3.60. The van der Waals surface area contributed by atoms with Crippen LogP contribution in [0.25, 0.3) is 0 Å². The molecule has 0 atom stereocenters. The quantitative estimate of drug-likeness (QED) is 0.756. The molecule has 3 aromatic rings. The lowest BCUT2D eigenvalue weighted by Gasteiger charge is -2.27. The Hall–Kier alpha value is -3.22. The molecule has 3 heterocycles. The summed E-state index contributed by atoms with van der Waals surface area (Å²) >= 11 is 0. The number of aromatic nitrogens is 4. The molecule has 0 saturated carbocycles. The molecule has 0 spiro atoms. The number of fused-ring (bicyclic) bond motifs is 1. The Balaban J connectivity index is 1.51. The van der Waals surface area contributed by atoms with Crippen molar-refractivity contribution in [3.63, 3.8) is 0 Å². The molecular weight excluding hydrogens is 354 g/mol. The van der Waals surface area contributed by atoms with Crippen LogP contribution in [-0.4, -0.2) is 37.1 Å². The van der Waals surface area contributed by atoms with Crippen LogP contribution in [0.5, 0.6) is 0 Å². The molecular formula is C21H23N5O2. The van der Waals surface area contributed by atoms with Crippen molar-refractivity contribution in [1.82, 2.24) is 24.6 Å². The Bertz CT molecular complexity index is 1050. The molecule has 1 aromatic carbocycles. The predicted molar refractivity (Wildman–Crippen MR) is 105 cm³/mol. The highest BCUT2D eigenvalue weighted by atomic mass is 16.2. The van der Waals surface area contributed by atoms with Crippen LogP contribution in [0.2, 0.25) is 0 Å². The molecule has 7 nitrogen and oxygen atoms in total. The summed E-state index contributed by atoms with van der Waals surface area (Å²) in [6, 6.07) is 12.2. The number of rotatable bonds is 4. The second kappa shape index (κ2) is 7.42. The van der Waals surface area contributed by atoms with E-state index in [1.807, 2.05) is 42.8 Å². The first-order chi connectivity index (χ1) is 13.5. The topological polar surface area (TPSA) is 83.9 Å². The Morgan fingerprint density at radius 1 is 1.21 bits per heavy atom. The Morgan fingerprint density at radius 2 is 2.00 bits per heavy atom. The van der Waals surface area contributed by atoms with Gasteiger partial charge in [-0.15, -0.1) is 0 Å². The minimum Gasteiger partial charge on any atom is -0.331 e. The monoisotopic (exact) mass is 377 g/mol. The van der Waals surface area contributed by atoms with Crippen molar-refractivity contribution in [2.45, 2.75) is 39.3 Å². The highest BCUT2D eigenvalue weighted by Crippen LogP contribution is 2.17. The van der Waals surface area contributed by atoms with Gasteiger partial charge in [0.1, 0.15) is 11.4 Å². The standard InChI is InChI=1S/C21H23N5O2/c1-14(2)19-22-12-18(20(27)23-19)21(28)25-8-9-26-17(13-25)11-16(24-26)10-15-6-4-3-5-7-15/h3-7,11-12,14H,8-10,13H2,1-2H3,(H,22,23,27). The van der Waals surface area contributed by atoms with E-state index in [0.29, 0.717) is 25.5 Å². The van der Waals surface area contributed by atoms with Gasteiger partial charge in [0.15, 0.2) is 0 Å². The van der Waals surface area contributed by atoms with E-state index in [2.05, 4.69) is 27.2 Å². The zero-order valence-electron chi connectivity index (χ0n) is 16.1. The number of hydrogen-bond donors (Lipinski definition) is 1. The van der Waals surface area contributed by atoms with Gasteiger partial charge < -0.3 is 9.88 Å². The number of aromatic amines is 1. The summed E-state index contributed by atoms with van der Waals surface area (Å²) in [6.45, 7) is 5.46. The highest BCUT2D eigenvalue weighted by molar-refractivity contribution is 5.93. The lowest BCUT2D eigenvalue weighted by molar-refractivity contribution is 0.0703. The minimum atomic E-state index is -0.382. The summed E-state index contributed by atoms with van der Waals surface area (Å²) in [4.78, 5) is 33.8. The van der Waals surface area contributed by atoms with Crippen molar-refractivity contribution in [2.75, 3.05) is 6.54 Å². The van der Waals surface area contributed by atoms with E-state index in [4.69, 9.17) is 0 Å². The average molecular weight is 377 g/mol. The predicted octanol–water partition coefficient (Wildman–Crippen LogP) is 2.34. The summed E-state index contributed by atoms with van der Waals surface area (Å²) in [6.07, 6.45) is 2.15. The lowest BCUT2D eigenvalue weighted by atomic mass is 10.1. The van der Waals surface area contributed by atoms with E-state index < -0.39 is 0 Å². The first-order valence-corrected chi connectivity index (χ1v) is 9.49. The van der Waals surface area contributed by atoms with Gasteiger partial charge in [0.05, 0.1) is 24.5 Å². The number of nitrogens with one attached hydrogen (secondary N) is 1. The summed E-state index contributed by atoms with van der Waals surface area (Å²) in [5.41, 5.74) is 2.87. The van der Waals surface area contributed by atoms with Gasteiger partial charge in [-0.1, -0.05) is 44.2 Å². The summed E-state index contributed by atoms with van der Waals surface area (Å²) in [5, 5.41) is 4.66. The average Bonchev–Trinajstić information content (AvgIpc) is 3.09. The van der Waals surface area contributed by atoms with Gasteiger partial charge in [0.2, 0.25) is 0 Å². The molecule has 1 aliphatic heterocycles. The van der Waals surface area contributed by atoms with Crippen molar-refractivity contribution in [3.05, 3.63) is 81.3 Å². The molecule has 0 unspecified atom stereocenters. The molecule has 2 aromatic heterocycles. The van der Waals surface area contributed by atoms with Gasteiger partial charge in [0.25, 0.3) is 11.5 Å². The van der Waals surface area contributed by atoms with Gasteiger partial charge in [-0.3, -0.25) is 14.3 Å². The maximum absolute atomic E-state index is 12.8. The smallest absolute Gasteiger partial charge is 0.263 e. The van der Waals surface area contributed by atoms with E-state index in [1.165, 1.54) is 11.8 Å². The fraction of sp³-hybridized carbons (Fsp3) is 0.333. The van der Waals surface area contributed by atoms with Gasteiger partial charge >= 0.3 is 0 Å². The zero-order valence-corrected chi connectivity index (χ0v) is 16.1. The zero-order chi connectivity index (χ0) is 19.7. The van der Waals surface area contributed by atoms with E-state index in [1.54, 1.807) is 4.90 Å². The summed E-state index contributed by atoms with van der Waals surface area (Å²) < 4.78 is 1.95. The Labute approximate surface area is 163 Å². The van der Waals surface area contributed by atoms with Crippen LogP contribution in [0.3, 0.4) is 0 Å². The molecule has 1 N–H and O–H groups in total. The van der Waals surface area contributed by atoms with Crippen LogP contribution in [0.1, 0.15) is 52.9 Å². The third-order valence-corrected chi connectivity index (χ3v) is 4.96. The van der Waals surface area contributed by atoms with Crippen LogP contribution < -0.4 is 5.56 Å². The molecule has 0 radical (unpaired) electrons. The second-order valence-electron chi connectivity index (χ2n) is 7.41. The largest absolute Gasteiger partial charge is 0.331 e. The number of hydrogen-bond acceptors (Lipinski definition) is 4. The van der Waals surface area contributed by atoms with E-state index in [9.17, 15) is 9.59 Å². The molecule has 144 valence electrons. The maximum atomic E-state index is 12.8. The van der Waals surface area contributed by atoms with Crippen LogP contribution in [0, 0.1) is 0 Å². The van der Waals surface area contributed by atoms with Crippen molar-refractivity contribution in [1.29, 1.82) is 0 Å². The summed E-state index contributed by atoms with van der Waals surface area (Å²) in [5.74, 6) is 0.397. The number of carbonyl (C=O) groups is 1. The molecule has 7 heteroatoms.